The molecule has 59 heavy (non-hydrogen) atoms. The van der Waals surface area contributed by atoms with E-state index in [2.05, 4.69) is 31.2 Å². The number of nitrogens with one attached hydrogen (secondary N) is 1. The molecule has 0 spiro atoms. The second-order valence-corrected chi connectivity index (χ2v) is 14.4. The first-order valence-electron chi connectivity index (χ1n) is 18.1. The van der Waals surface area contributed by atoms with Gasteiger partial charge in [0, 0.05) is 47.3 Å². The van der Waals surface area contributed by atoms with Gasteiger partial charge in [-0.3, -0.25) is 9.89 Å². The maximum atomic E-state index is 12.2. The summed E-state index contributed by atoms with van der Waals surface area (Å²) in [7, 11) is 4.85. The molecule has 0 amide bonds. The molecule has 7 rings (SSSR count). The fourth-order valence-electron chi connectivity index (χ4n) is 5.93. The lowest BCUT2D eigenvalue weighted by Gasteiger charge is -2.08. The number of carbonyl (C=O) groups is 1. The lowest BCUT2D eigenvalue weighted by Crippen LogP contribution is -2.04. The number of H-pyrrole nitrogens is 1. The van der Waals surface area contributed by atoms with E-state index in [9.17, 15) is 9.90 Å². The largest absolute Gasteiger partial charge is 0.507 e. The lowest BCUT2D eigenvalue weighted by atomic mass is 10.0. The number of methoxy groups -OCH3 is 3. The van der Waals surface area contributed by atoms with Crippen LogP contribution in [0.25, 0.3) is 34.2 Å². The molecule has 10 nitrogen and oxygen atoms in total. The van der Waals surface area contributed by atoms with E-state index in [-0.39, 0.29) is 11.5 Å². The van der Waals surface area contributed by atoms with Crippen LogP contribution in [-0.2, 0) is 6.42 Å². The van der Waals surface area contributed by atoms with Gasteiger partial charge in [0.05, 0.1) is 33.2 Å². The number of Topliss-reactive ketones (excluding diaryl/α,β-unsaturated/α-hetero) is 1. The van der Waals surface area contributed by atoms with Gasteiger partial charge in [0.1, 0.15) is 38.5 Å². The quantitative estimate of drug-likeness (QED) is 0.0784. The van der Waals surface area contributed by atoms with E-state index in [0.29, 0.717) is 44.5 Å². The second-order valence-electron chi connectivity index (χ2n) is 13.3. The average molecular weight is 851 g/mol. The predicted molar refractivity (Wildman–Crippen MR) is 236 cm³/mol. The van der Waals surface area contributed by atoms with Gasteiger partial charge >= 0.3 is 0 Å². The number of hydrogen-bond acceptors (Lipinski definition) is 9. The number of rotatable bonds is 10. The first-order chi connectivity index (χ1) is 28.3. The summed E-state index contributed by atoms with van der Waals surface area (Å²) in [4.78, 5) is 24.0. The SMILES string of the molecule is COc1cc(C)cc(-c2[nH]ncc2-c2ccnc(Cl)c2)c1.COc1cc(C)cc(/C(O)=C\c2ccnc(Cl)c2)c1.COc1cc(C)cc(C(=O)Cc2ccnc(Cl)c2)c1. The molecule has 0 saturated heterocycles. The number of hydrogen-bond donors (Lipinski definition) is 2. The fourth-order valence-corrected chi connectivity index (χ4v) is 6.49. The average Bonchev–Trinajstić information content (AvgIpc) is 3.71. The van der Waals surface area contributed by atoms with Crippen LogP contribution in [0.3, 0.4) is 0 Å². The number of pyridine rings is 3. The topological polar surface area (TPSA) is 132 Å². The number of halogens is 3. The number of aryl methyl sites for hydroxylation is 3. The summed E-state index contributed by atoms with van der Waals surface area (Å²) >= 11 is 17.6. The smallest absolute Gasteiger partial charge is 0.167 e. The highest BCUT2D eigenvalue weighted by Gasteiger charge is 2.13. The van der Waals surface area contributed by atoms with Crippen LogP contribution in [0.4, 0.5) is 0 Å². The van der Waals surface area contributed by atoms with Crippen molar-refractivity contribution in [3.05, 3.63) is 170 Å². The van der Waals surface area contributed by atoms with E-state index in [1.165, 1.54) is 0 Å². The van der Waals surface area contributed by atoms with Crippen molar-refractivity contribution in [2.24, 2.45) is 0 Å². The summed E-state index contributed by atoms with van der Waals surface area (Å²) in [5.74, 6) is 2.41. The Hall–Kier alpha value is -6.20. The summed E-state index contributed by atoms with van der Waals surface area (Å²) < 4.78 is 15.7. The number of aromatic amines is 1. The van der Waals surface area contributed by atoms with Gasteiger partial charge in [-0.1, -0.05) is 34.8 Å². The summed E-state index contributed by atoms with van der Waals surface area (Å²) in [5, 5.41) is 18.6. The molecule has 7 aromatic rings. The molecule has 0 aliphatic heterocycles. The number of ketones is 1. The molecule has 4 heterocycles. The van der Waals surface area contributed by atoms with E-state index in [1.54, 1.807) is 88.6 Å². The number of carbonyl (C=O) groups excluding carboxylic acids is 1. The van der Waals surface area contributed by atoms with Crippen molar-refractivity contribution >= 4 is 52.4 Å². The number of ether oxygens (including phenoxy) is 3. The van der Waals surface area contributed by atoms with Gasteiger partial charge in [-0.25, -0.2) is 15.0 Å². The molecule has 0 saturated carbocycles. The van der Waals surface area contributed by atoms with Gasteiger partial charge in [-0.05, 0) is 151 Å². The van der Waals surface area contributed by atoms with E-state index < -0.39 is 0 Å². The minimum absolute atomic E-state index is 0.0317. The summed E-state index contributed by atoms with van der Waals surface area (Å²) in [6, 6.07) is 27.8. The van der Waals surface area contributed by atoms with E-state index in [1.807, 2.05) is 69.3 Å². The maximum absolute atomic E-state index is 12.2. The normalized spacial score (nSPS) is 10.8. The van der Waals surface area contributed by atoms with Crippen LogP contribution in [0.5, 0.6) is 17.2 Å². The Morgan fingerprint density at radius 2 is 1.19 bits per heavy atom. The lowest BCUT2D eigenvalue weighted by molar-refractivity contribution is 0.0992. The fraction of sp³-hybridized carbons (Fsp3) is 0.152. The van der Waals surface area contributed by atoms with E-state index in [4.69, 9.17) is 49.0 Å². The highest BCUT2D eigenvalue weighted by atomic mass is 35.5. The molecule has 13 heteroatoms. The van der Waals surface area contributed by atoms with Crippen LogP contribution in [-0.4, -0.2) is 57.4 Å². The Morgan fingerprint density at radius 1 is 0.644 bits per heavy atom. The molecule has 0 bridgehead atoms. The number of aliphatic hydroxyl groups is 1. The molecule has 0 radical (unpaired) electrons. The Kier molecular flexibility index (Phi) is 15.6. The summed E-state index contributed by atoms with van der Waals surface area (Å²) in [5.41, 5.74) is 10.0. The molecule has 2 N–H and O–H groups in total. The molecule has 302 valence electrons. The predicted octanol–water partition coefficient (Wildman–Crippen LogP) is 11.7. The van der Waals surface area contributed by atoms with Crippen molar-refractivity contribution in [1.29, 1.82) is 0 Å². The van der Waals surface area contributed by atoms with Gasteiger partial charge in [-0.15, -0.1) is 0 Å². The Balaban J connectivity index is 0.000000169. The van der Waals surface area contributed by atoms with Gasteiger partial charge in [0.2, 0.25) is 0 Å². The Bertz CT molecular complexity index is 2580. The zero-order chi connectivity index (χ0) is 42.5. The zero-order valence-corrected chi connectivity index (χ0v) is 35.5. The molecule has 0 unspecified atom stereocenters. The highest BCUT2D eigenvalue weighted by molar-refractivity contribution is 6.30. The van der Waals surface area contributed by atoms with Crippen molar-refractivity contribution in [2.45, 2.75) is 27.2 Å². The van der Waals surface area contributed by atoms with Gasteiger partial charge < -0.3 is 19.3 Å². The van der Waals surface area contributed by atoms with Crippen molar-refractivity contribution in [2.75, 3.05) is 21.3 Å². The standard InChI is InChI=1S/C16H14ClN3O.2C15H14ClNO2/c1-10-5-12(7-13(6-10)21-2)16-14(9-19-20-16)11-3-4-18-15(17)8-11;2*1-10-5-12(9-13(6-10)19-2)14(18)7-11-3-4-17-15(16)8-11/h3-9H,1-2H3,(H,19,20);3-6,8-9H,7H2,1-2H3;3-9,18H,1-2H3/b;;14-7+. The van der Waals surface area contributed by atoms with Gasteiger partial charge in [-0.2, -0.15) is 5.10 Å². The maximum Gasteiger partial charge on any atom is 0.167 e. The van der Waals surface area contributed by atoms with Crippen LogP contribution in [0, 0.1) is 20.8 Å². The molecule has 3 aromatic carbocycles. The van der Waals surface area contributed by atoms with Crippen LogP contribution >= 0.6 is 34.8 Å². The molecule has 0 atom stereocenters. The third-order valence-electron chi connectivity index (χ3n) is 8.65. The summed E-state index contributed by atoms with van der Waals surface area (Å²) in [6.07, 6.45) is 8.61. The molecule has 0 fully saturated rings. The van der Waals surface area contributed by atoms with Gasteiger partial charge in [0.15, 0.2) is 5.78 Å². The van der Waals surface area contributed by atoms with Crippen LogP contribution in [0.15, 0.2) is 116 Å². The first-order valence-corrected chi connectivity index (χ1v) is 19.3. The monoisotopic (exact) mass is 849 g/mol. The number of aromatic nitrogens is 5. The third-order valence-corrected chi connectivity index (χ3v) is 9.27. The number of benzene rings is 3. The van der Waals surface area contributed by atoms with E-state index >= 15 is 0 Å². The second kappa shape index (κ2) is 21.0. The highest BCUT2D eigenvalue weighted by Crippen LogP contribution is 2.33. The summed E-state index contributed by atoms with van der Waals surface area (Å²) in [6.45, 7) is 5.91. The van der Waals surface area contributed by atoms with Crippen LogP contribution < -0.4 is 14.2 Å². The number of aliphatic hydroxyl groups excluding tert-OH is 1. The van der Waals surface area contributed by atoms with E-state index in [0.717, 1.165) is 56.0 Å². The zero-order valence-electron chi connectivity index (χ0n) is 33.3. The minimum Gasteiger partial charge on any atom is -0.507 e. The molecular formula is C46H42Cl3N5O5. The Morgan fingerprint density at radius 3 is 1.80 bits per heavy atom. The molecule has 0 aliphatic carbocycles. The van der Waals surface area contributed by atoms with Crippen molar-refractivity contribution in [1.82, 2.24) is 25.1 Å². The van der Waals surface area contributed by atoms with Crippen LogP contribution in [0.1, 0.15) is 43.7 Å². The Labute approximate surface area is 358 Å². The molecular weight excluding hydrogens is 809 g/mol. The number of nitrogens with zero attached hydrogens (tertiary/aromatic N) is 4. The molecule has 4 aromatic heterocycles. The van der Waals surface area contributed by atoms with Gasteiger partial charge in [0.25, 0.3) is 0 Å². The van der Waals surface area contributed by atoms with Crippen molar-refractivity contribution in [3.63, 3.8) is 0 Å². The van der Waals surface area contributed by atoms with Crippen molar-refractivity contribution in [3.8, 4) is 39.6 Å². The van der Waals surface area contributed by atoms with Crippen molar-refractivity contribution < 1.29 is 24.1 Å². The molecule has 0 aliphatic rings. The first kappa shape index (κ1) is 43.9. The van der Waals surface area contributed by atoms with Crippen LogP contribution in [0.2, 0.25) is 15.5 Å². The third kappa shape index (κ3) is 12.9. The minimum atomic E-state index is 0.0317.